The van der Waals surface area contributed by atoms with Crippen LogP contribution < -0.4 is 5.32 Å². The number of ether oxygens (including phenoxy) is 1. The van der Waals surface area contributed by atoms with Crippen LogP contribution in [0.3, 0.4) is 0 Å². The molecule has 1 aromatic heterocycles. The van der Waals surface area contributed by atoms with Gasteiger partial charge in [0.05, 0.1) is 13.2 Å². The first kappa shape index (κ1) is 14.5. The Labute approximate surface area is 123 Å². The van der Waals surface area contributed by atoms with Crippen LogP contribution in [0.2, 0.25) is 5.02 Å². The Hall–Kier alpha value is -0.870. The molecule has 102 valence electrons. The Bertz CT molecular complexity index is 512. The Morgan fingerprint density at radius 2 is 2.05 bits per heavy atom. The number of thiophene rings is 1. The van der Waals surface area contributed by atoms with Crippen molar-refractivity contribution in [3.05, 3.63) is 56.7 Å². The van der Waals surface area contributed by atoms with Crippen molar-refractivity contribution in [1.29, 1.82) is 0 Å². The van der Waals surface area contributed by atoms with Crippen LogP contribution in [-0.2, 0) is 17.9 Å². The van der Waals surface area contributed by atoms with Crippen LogP contribution in [0.5, 0.6) is 0 Å². The summed E-state index contributed by atoms with van der Waals surface area (Å²) < 4.78 is 5.60. The predicted molar refractivity (Wildman–Crippen MR) is 81.9 cm³/mol. The van der Waals surface area contributed by atoms with Crippen molar-refractivity contribution in [1.82, 2.24) is 5.32 Å². The van der Waals surface area contributed by atoms with Gasteiger partial charge in [-0.3, -0.25) is 0 Å². The van der Waals surface area contributed by atoms with Gasteiger partial charge in [-0.15, -0.1) is 11.3 Å². The van der Waals surface area contributed by atoms with Crippen molar-refractivity contribution in [2.24, 2.45) is 0 Å². The molecule has 1 N–H and O–H groups in total. The zero-order valence-electron chi connectivity index (χ0n) is 11.0. The van der Waals surface area contributed by atoms with E-state index in [1.807, 2.05) is 35.6 Å². The molecule has 1 aromatic carbocycles. The van der Waals surface area contributed by atoms with Crippen LogP contribution in [0.1, 0.15) is 15.3 Å². The maximum Gasteiger partial charge on any atom is 0.0731 e. The highest BCUT2D eigenvalue weighted by molar-refractivity contribution is 7.11. The van der Waals surface area contributed by atoms with Gasteiger partial charge in [0, 0.05) is 27.9 Å². The average molecular weight is 296 g/mol. The van der Waals surface area contributed by atoms with E-state index in [9.17, 15) is 0 Å². The van der Waals surface area contributed by atoms with Crippen LogP contribution in [0, 0.1) is 6.92 Å². The molecule has 0 unspecified atom stereocenters. The summed E-state index contributed by atoms with van der Waals surface area (Å²) in [6.45, 7) is 5.14. The number of hydrogen-bond donors (Lipinski definition) is 1. The van der Waals surface area contributed by atoms with E-state index >= 15 is 0 Å². The monoisotopic (exact) mass is 295 g/mol. The molecule has 0 aliphatic rings. The van der Waals surface area contributed by atoms with Gasteiger partial charge in [-0.05, 0) is 30.7 Å². The zero-order chi connectivity index (χ0) is 13.5. The van der Waals surface area contributed by atoms with Gasteiger partial charge in [-0.1, -0.05) is 29.8 Å². The Morgan fingerprint density at radius 3 is 2.79 bits per heavy atom. The third-order valence-electron chi connectivity index (χ3n) is 2.73. The average Bonchev–Trinajstić information content (AvgIpc) is 2.81. The van der Waals surface area contributed by atoms with Crippen LogP contribution in [0.4, 0.5) is 0 Å². The molecule has 0 saturated carbocycles. The second kappa shape index (κ2) is 7.65. The molecular weight excluding hydrogens is 278 g/mol. The smallest absolute Gasteiger partial charge is 0.0731 e. The minimum atomic E-state index is 0.569. The molecule has 2 nitrogen and oxygen atoms in total. The minimum Gasteiger partial charge on any atom is -0.375 e. The van der Waals surface area contributed by atoms with Crippen molar-refractivity contribution in [2.45, 2.75) is 20.1 Å². The maximum atomic E-state index is 6.05. The van der Waals surface area contributed by atoms with Crippen LogP contribution in [0.25, 0.3) is 0 Å². The van der Waals surface area contributed by atoms with Crippen molar-refractivity contribution >= 4 is 22.9 Å². The van der Waals surface area contributed by atoms with Crippen molar-refractivity contribution < 1.29 is 4.74 Å². The van der Waals surface area contributed by atoms with Gasteiger partial charge in [-0.25, -0.2) is 0 Å². The largest absolute Gasteiger partial charge is 0.375 e. The minimum absolute atomic E-state index is 0.569. The van der Waals surface area contributed by atoms with E-state index in [4.69, 9.17) is 16.3 Å². The molecule has 0 atom stereocenters. The molecule has 0 fully saturated rings. The quantitative estimate of drug-likeness (QED) is 0.779. The molecule has 2 rings (SSSR count). The molecule has 0 saturated heterocycles. The number of rotatable bonds is 7. The van der Waals surface area contributed by atoms with Crippen molar-refractivity contribution in [3.8, 4) is 0 Å². The lowest BCUT2D eigenvalue weighted by Crippen LogP contribution is -2.18. The molecular formula is C15H18ClNOS. The van der Waals surface area contributed by atoms with Gasteiger partial charge in [0.1, 0.15) is 0 Å². The second-order valence-corrected chi connectivity index (χ2v) is 6.11. The molecule has 0 aliphatic carbocycles. The third-order valence-corrected chi connectivity index (χ3v) is 4.10. The number of nitrogens with one attached hydrogen (secondary N) is 1. The number of aryl methyl sites for hydroxylation is 1. The molecule has 19 heavy (non-hydrogen) atoms. The highest BCUT2D eigenvalue weighted by Crippen LogP contribution is 2.16. The molecule has 0 radical (unpaired) electrons. The van der Waals surface area contributed by atoms with Crippen molar-refractivity contribution in [2.75, 3.05) is 13.2 Å². The van der Waals surface area contributed by atoms with E-state index < -0.39 is 0 Å². The summed E-state index contributed by atoms with van der Waals surface area (Å²) >= 11 is 7.88. The lowest BCUT2D eigenvalue weighted by molar-refractivity contribution is 0.122. The Balaban J connectivity index is 1.59. The summed E-state index contributed by atoms with van der Waals surface area (Å²) in [5.41, 5.74) is 1.04. The first-order valence-corrected chi connectivity index (χ1v) is 7.52. The fourth-order valence-electron chi connectivity index (χ4n) is 1.73. The van der Waals surface area contributed by atoms with Crippen LogP contribution in [-0.4, -0.2) is 13.2 Å². The first-order chi connectivity index (χ1) is 9.25. The summed E-state index contributed by atoms with van der Waals surface area (Å²) in [6.07, 6.45) is 0. The van der Waals surface area contributed by atoms with Crippen LogP contribution >= 0.6 is 22.9 Å². The zero-order valence-corrected chi connectivity index (χ0v) is 12.6. The van der Waals surface area contributed by atoms with E-state index in [1.165, 1.54) is 9.75 Å². The summed E-state index contributed by atoms with van der Waals surface area (Å²) in [4.78, 5) is 2.72. The highest BCUT2D eigenvalue weighted by atomic mass is 35.5. The molecule has 4 heteroatoms. The van der Waals surface area contributed by atoms with Crippen molar-refractivity contribution in [3.63, 3.8) is 0 Å². The topological polar surface area (TPSA) is 21.3 Å². The van der Waals surface area contributed by atoms with E-state index in [2.05, 4.69) is 24.4 Å². The van der Waals surface area contributed by atoms with Gasteiger partial charge in [0.2, 0.25) is 0 Å². The van der Waals surface area contributed by atoms with Crippen LogP contribution in [0.15, 0.2) is 36.4 Å². The number of hydrogen-bond acceptors (Lipinski definition) is 3. The predicted octanol–water partition coefficient (Wildman–Crippen LogP) is 4.02. The number of benzene rings is 1. The van der Waals surface area contributed by atoms with E-state index in [1.54, 1.807) is 0 Å². The highest BCUT2D eigenvalue weighted by Gasteiger charge is 1.99. The SMILES string of the molecule is Cc1ccc(CNCCOCc2ccccc2Cl)s1. The first-order valence-electron chi connectivity index (χ1n) is 6.33. The molecule has 0 bridgehead atoms. The molecule has 1 heterocycles. The summed E-state index contributed by atoms with van der Waals surface area (Å²) in [5.74, 6) is 0. The lowest BCUT2D eigenvalue weighted by atomic mass is 10.2. The van der Waals surface area contributed by atoms with Gasteiger partial charge in [-0.2, -0.15) is 0 Å². The molecule has 2 aromatic rings. The molecule has 0 spiro atoms. The lowest BCUT2D eigenvalue weighted by Gasteiger charge is -2.06. The van der Waals surface area contributed by atoms with Gasteiger partial charge in [0.15, 0.2) is 0 Å². The second-order valence-electron chi connectivity index (χ2n) is 4.33. The van der Waals surface area contributed by atoms with Gasteiger partial charge >= 0.3 is 0 Å². The summed E-state index contributed by atoms with van der Waals surface area (Å²) in [7, 11) is 0. The van der Waals surface area contributed by atoms with E-state index in [0.29, 0.717) is 13.2 Å². The standard InChI is InChI=1S/C15H18ClNOS/c1-12-6-7-14(19-12)10-17-8-9-18-11-13-4-2-3-5-15(13)16/h2-7,17H,8-11H2,1H3. The molecule has 0 amide bonds. The summed E-state index contributed by atoms with van der Waals surface area (Å²) in [5, 5.41) is 4.14. The van der Waals surface area contributed by atoms with E-state index in [-0.39, 0.29) is 0 Å². The van der Waals surface area contributed by atoms with E-state index in [0.717, 1.165) is 23.7 Å². The Morgan fingerprint density at radius 1 is 1.21 bits per heavy atom. The number of halogens is 1. The fourth-order valence-corrected chi connectivity index (χ4v) is 2.78. The fraction of sp³-hybridized carbons (Fsp3) is 0.333. The van der Waals surface area contributed by atoms with Gasteiger partial charge in [0.25, 0.3) is 0 Å². The normalized spacial score (nSPS) is 10.8. The summed E-state index contributed by atoms with van der Waals surface area (Å²) in [6, 6.07) is 12.1. The Kier molecular flexibility index (Phi) is 5.86. The third kappa shape index (κ3) is 4.96. The van der Waals surface area contributed by atoms with Gasteiger partial charge < -0.3 is 10.1 Å². The molecule has 0 aliphatic heterocycles. The maximum absolute atomic E-state index is 6.05.